The SMILES string of the molecule is COc1cc(CNCc2cc(F)c(F)cc2F)ccc1OCCO. The van der Waals surface area contributed by atoms with E-state index in [-0.39, 0.29) is 25.3 Å². The van der Waals surface area contributed by atoms with Crippen molar-refractivity contribution in [1.29, 1.82) is 0 Å². The fourth-order valence-electron chi connectivity index (χ4n) is 2.14. The zero-order chi connectivity index (χ0) is 17.5. The molecule has 2 aromatic rings. The van der Waals surface area contributed by atoms with Crippen LogP contribution >= 0.6 is 0 Å². The van der Waals surface area contributed by atoms with E-state index in [4.69, 9.17) is 14.6 Å². The fourth-order valence-corrected chi connectivity index (χ4v) is 2.14. The van der Waals surface area contributed by atoms with Crippen molar-refractivity contribution in [3.63, 3.8) is 0 Å². The highest BCUT2D eigenvalue weighted by atomic mass is 19.2. The molecular weight excluding hydrogens is 323 g/mol. The van der Waals surface area contributed by atoms with Crippen LogP contribution in [0.25, 0.3) is 0 Å². The fraction of sp³-hybridized carbons (Fsp3) is 0.294. The van der Waals surface area contributed by atoms with Gasteiger partial charge in [0.2, 0.25) is 0 Å². The Kier molecular flexibility index (Phi) is 6.45. The molecule has 2 aromatic carbocycles. The Morgan fingerprint density at radius 1 is 0.958 bits per heavy atom. The second kappa shape index (κ2) is 8.56. The van der Waals surface area contributed by atoms with Crippen LogP contribution < -0.4 is 14.8 Å². The third-order valence-corrected chi connectivity index (χ3v) is 3.31. The lowest BCUT2D eigenvalue weighted by molar-refractivity contribution is 0.196. The Bertz CT molecular complexity index is 695. The van der Waals surface area contributed by atoms with E-state index in [1.165, 1.54) is 7.11 Å². The lowest BCUT2D eigenvalue weighted by Gasteiger charge is -2.12. The number of methoxy groups -OCH3 is 1. The minimum Gasteiger partial charge on any atom is -0.493 e. The molecule has 0 unspecified atom stereocenters. The second-order valence-corrected chi connectivity index (χ2v) is 5.02. The number of nitrogens with one attached hydrogen (secondary N) is 1. The molecule has 0 heterocycles. The smallest absolute Gasteiger partial charge is 0.161 e. The number of halogens is 3. The van der Waals surface area contributed by atoms with Gasteiger partial charge >= 0.3 is 0 Å². The molecule has 0 saturated carbocycles. The zero-order valence-corrected chi connectivity index (χ0v) is 13.1. The van der Waals surface area contributed by atoms with Crippen LogP contribution in [0.15, 0.2) is 30.3 Å². The van der Waals surface area contributed by atoms with Crippen LogP contribution in [0.4, 0.5) is 13.2 Å². The first-order chi connectivity index (χ1) is 11.5. The van der Waals surface area contributed by atoms with Gasteiger partial charge in [-0.3, -0.25) is 0 Å². The van der Waals surface area contributed by atoms with E-state index in [0.29, 0.717) is 24.1 Å². The van der Waals surface area contributed by atoms with Crippen LogP contribution in [0.5, 0.6) is 11.5 Å². The number of aliphatic hydroxyl groups excluding tert-OH is 1. The molecule has 0 fully saturated rings. The lowest BCUT2D eigenvalue weighted by Crippen LogP contribution is -2.14. The summed E-state index contributed by atoms with van der Waals surface area (Å²) in [6.45, 7) is 0.471. The van der Waals surface area contributed by atoms with Gasteiger partial charge in [-0.25, -0.2) is 13.2 Å². The van der Waals surface area contributed by atoms with E-state index in [9.17, 15) is 13.2 Å². The molecule has 0 aliphatic carbocycles. The molecule has 24 heavy (non-hydrogen) atoms. The molecule has 0 amide bonds. The summed E-state index contributed by atoms with van der Waals surface area (Å²) in [5, 5.41) is 11.7. The minimum absolute atomic E-state index is 0.0452. The molecule has 0 aliphatic rings. The number of aliphatic hydroxyl groups is 1. The molecule has 0 bridgehead atoms. The van der Waals surface area contributed by atoms with E-state index in [1.54, 1.807) is 18.2 Å². The largest absolute Gasteiger partial charge is 0.493 e. The number of hydrogen-bond acceptors (Lipinski definition) is 4. The van der Waals surface area contributed by atoms with Crippen LogP contribution in [0, 0.1) is 17.5 Å². The van der Waals surface area contributed by atoms with Crippen LogP contribution in [0.2, 0.25) is 0 Å². The molecule has 0 saturated heterocycles. The molecule has 0 aromatic heterocycles. The van der Waals surface area contributed by atoms with Crippen LogP contribution in [0.1, 0.15) is 11.1 Å². The molecule has 2 N–H and O–H groups in total. The van der Waals surface area contributed by atoms with Crippen molar-refractivity contribution < 1.29 is 27.8 Å². The summed E-state index contributed by atoms with van der Waals surface area (Å²) in [6.07, 6.45) is 0. The van der Waals surface area contributed by atoms with E-state index >= 15 is 0 Å². The second-order valence-electron chi connectivity index (χ2n) is 5.02. The molecule has 0 spiro atoms. The van der Waals surface area contributed by atoms with Gasteiger partial charge in [-0.2, -0.15) is 0 Å². The molecule has 7 heteroatoms. The van der Waals surface area contributed by atoms with E-state index in [0.717, 1.165) is 11.6 Å². The van der Waals surface area contributed by atoms with Crippen molar-refractivity contribution in [2.75, 3.05) is 20.3 Å². The zero-order valence-electron chi connectivity index (χ0n) is 13.1. The number of hydrogen-bond donors (Lipinski definition) is 2. The first-order valence-corrected chi connectivity index (χ1v) is 7.30. The van der Waals surface area contributed by atoms with Crippen molar-refractivity contribution in [2.24, 2.45) is 0 Å². The highest BCUT2D eigenvalue weighted by molar-refractivity contribution is 5.43. The summed E-state index contributed by atoms with van der Waals surface area (Å²) in [6, 6.07) is 6.58. The minimum atomic E-state index is -1.21. The maximum Gasteiger partial charge on any atom is 0.161 e. The topological polar surface area (TPSA) is 50.7 Å². The summed E-state index contributed by atoms with van der Waals surface area (Å²) < 4.78 is 50.1. The van der Waals surface area contributed by atoms with Crippen molar-refractivity contribution in [3.8, 4) is 11.5 Å². The quantitative estimate of drug-likeness (QED) is 0.725. The lowest BCUT2D eigenvalue weighted by atomic mass is 10.1. The Hall–Kier alpha value is -2.25. The number of benzene rings is 2. The molecule has 0 atom stereocenters. The van der Waals surface area contributed by atoms with E-state index in [2.05, 4.69) is 5.32 Å². The van der Waals surface area contributed by atoms with Crippen LogP contribution in [-0.2, 0) is 13.1 Å². The Morgan fingerprint density at radius 2 is 1.71 bits per heavy atom. The van der Waals surface area contributed by atoms with Gasteiger partial charge in [0.15, 0.2) is 23.1 Å². The van der Waals surface area contributed by atoms with E-state index < -0.39 is 17.5 Å². The summed E-state index contributed by atoms with van der Waals surface area (Å²) in [7, 11) is 1.50. The highest BCUT2D eigenvalue weighted by Gasteiger charge is 2.10. The van der Waals surface area contributed by atoms with Crippen molar-refractivity contribution >= 4 is 0 Å². The predicted molar refractivity (Wildman–Crippen MR) is 82.4 cm³/mol. The van der Waals surface area contributed by atoms with Gasteiger partial charge in [0.05, 0.1) is 13.7 Å². The monoisotopic (exact) mass is 341 g/mol. The Morgan fingerprint density at radius 3 is 2.42 bits per heavy atom. The first kappa shape index (κ1) is 18.1. The number of ether oxygens (including phenoxy) is 2. The molecule has 0 aliphatic heterocycles. The van der Waals surface area contributed by atoms with Crippen molar-refractivity contribution in [2.45, 2.75) is 13.1 Å². The molecule has 4 nitrogen and oxygen atoms in total. The van der Waals surface area contributed by atoms with Gasteiger partial charge < -0.3 is 19.9 Å². The Labute approximate surface area is 137 Å². The van der Waals surface area contributed by atoms with Gasteiger partial charge in [-0.15, -0.1) is 0 Å². The molecule has 2 rings (SSSR count). The average Bonchev–Trinajstić information content (AvgIpc) is 2.58. The third kappa shape index (κ3) is 4.62. The summed E-state index contributed by atoms with van der Waals surface area (Å²) in [5.41, 5.74) is 0.884. The highest BCUT2D eigenvalue weighted by Crippen LogP contribution is 2.28. The van der Waals surface area contributed by atoms with Gasteiger partial charge in [0.1, 0.15) is 12.4 Å². The molecule has 0 radical (unpaired) electrons. The number of rotatable bonds is 8. The summed E-state index contributed by atoms with van der Waals surface area (Å²) in [4.78, 5) is 0. The molecular formula is C17H18F3NO3. The standard InChI is InChI=1S/C17H18F3NO3/c1-23-17-6-11(2-3-16(17)24-5-4-22)9-21-10-12-7-14(19)15(20)8-13(12)18/h2-3,6-8,21-22H,4-5,9-10H2,1H3. The maximum atomic E-state index is 13.5. The van der Waals surface area contributed by atoms with Gasteiger partial charge in [0, 0.05) is 24.7 Å². The average molecular weight is 341 g/mol. The molecule has 130 valence electrons. The summed E-state index contributed by atoms with van der Waals surface area (Å²) in [5.74, 6) is -2.09. The third-order valence-electron chi connectivity index (χ3n) is 3.31. The Balaban J connectivity index is 1.98. The van der Waals surface area contributed by atoms with Crippen molar-refractivity contribution in [1.82, 2.24) is 5.32 Å². The van der Waals surface area contributed by atoms with Gasteiger partial charge in [-0.05, 0) is 23.8 Å². The summed E-state index contributed by atoms with van der Waals surface area (Å²) >= 11 is 0. The van der Waals surface area contributed by atoms with Crippen LogP contribution in [0.3, 0.4) is 0 Å². The van der Waals surface area contributed by atoms with Gasteiger partial charge in [-0.1, -0.05) is 6.07 Å². The van der Waals surface area contributed by atoms with Crippen LogP contribution in [-0.4, -0.2) is 25.4 Å². The maximum absolute atomic E-state index is 13.5. The first-order valence-electron chi connectivity index (χ1n) is 7.30. The predicted octanol–water partition coefficient (Wildman–Crippen LogP) is 2.77. The van der Waals surface area contributed by atoms with Crippen molar-refractivity contribution in [3.05, 3.63) is 58.9 Å². The van der Waals surface area contributed by atoms with Gasteiger partial charge in [0.25, 0.3) is 0 Å². The normalized spacial score (nSPS) is 10.7. The van der Waals surface area contributed by atoms with E-state index in [1.807, 2.05) is 0 Å².